The maximum absolute atomic E-state index is 9.06. The van der Waals surface area contributed by atoms with Gasteiger partial charge in [0.25, 0.3) is 0 Å². The first-order valence-electron chi connectivity index (χ1n) is 3.32. The van der Waals surface area contributed by atoms with Crippen LogP contribution in [0.3, 0.4) is 0 Å². The first-order valence-corrected chi connectivity index (χ1v) is 4.57. The first kappa shape index (κ1) is 8.49. The summed E-state index contributed by atoms with van der Waals surface area (Å²) in [6, 6.07) is 0. The topological polar surface area (TPSA) is 23.5 Å². The predicted octanol–water partition coefficient (Wildman–Crippen LogP) is 1.35. The van der Waals surface area contributed by atoms with E-state index in [0.717, 1.165) is 13.1 Å². The standard InChI is InChI=1S/C7H12INO/c1-5(2)6-3-9(4-6)7(8)10/h7,10H,3-4H2,1-2H3. The van der Waals surface area contributed by atoms with E-state index >= 15 is 0 Å². The molecular formula is C7H12INO. The first-order chi connectivity index (χ1) is 4.61. The highest BCUT2D eigenvalue weighted by Crippen LogP contribution is 2.21. The molecule has 1 fully saturated rings. The lowest BCUT2D eigenvalue weighted by Gasteiger charge is -2.36. The van der Waals surface area contributed by atoms with Crippen molar-refractivity contribution in [1.82, 2.24) is 4.90 Å². The number of allylic oxidation sites excluding steroid dienone is 1. The van der Waals surface area contributed by atoms with Gasteiger partial charge in [-0.05, 0) is 42.0 Å². The number of halogens is 1. The monoisotopic (exact) mass is 253 g/mol. The molecule has 1 atom stereocenters. The van der Waals surface area contributed by atoms with Crippen molar-refractivity contribution in [3.8, 4) is 0 Å². The lowest BCUT2D eigenvalue weighted by Crippen LogP contribution is -2.44. The summed E-state index contributed by atoms with van der Waals surface area (Å²) in [5, 5.41) is 9.06. The molecule has 3 heteroatoms. The van der Waals surface area contributed by atoms with Gasteiger partial charge in [-0.1, -0.05) is 5.57 Å². The summed E-state index contributed by atoms with van der Waals surface area (Å²) in [4.78, 5) is 2.02. The Hall–Kier alpha value is 0.390. The molecule has 0 saturated carbocycles. The summed E-state index contributed by atoms with van der Waals surface area (Å²) < 4.78 is -0.305. The average Bonchev–Trinajstić information content (AvgIpc) is 1.56. The molecule has 10 heavy (non-hydrogen) atoms. The Morgan fingerprint density at radius 1 is 1.60 bits per heavy atom. The molecule has 1 aliphatic heterocycles. The third kappa shape index (κ3) is 1.71. The fraction of sp³-hybridized carbons (Fsp3) is 0.714. The largest absolute Gasteiger partial charge is 0.369 e. The van der Waals surface area contributed by atoms with Crippen molar-refractivity contribution in [2.24, 2.45) is 0 Å². The number of nitrogens with zero attached hydrogens (tertiary/aromatic N) is 1. The van der Waals surface area contributed by atoms with Crippen LogP contribution in [0.5, 0.6) is 0 Å². The van der Waals surface area contributed by atoms with Crippen LogP contribution in [0.4, 0.5) is 0 Å². The van der Waals surface area contributed by atoms with E-state index in [1.807, 2.05) is 27.5 Å². The van der Waals surface area contributed by atoms with Gasteiger partial charge in [-0.2, -0.15) is 0 Å². The molecule has 1 rings (SSSR count). The van der Waals surface area contributed by atoms with Crippen molar-refractivity contribution in [2.45, 2.75) is 18.1 Å². The number of aliphatic hydroxyl groups is 1. The van der Waals surface area contributed by atoms with Gasteiger partial charge in [0.2, 0.25) is 0 Å². The summed E-state index contributed by atoms with van der Waals surface area (Å²) in [5.41, 5.74) is 2.86. The van der Waals surface area contributed by atoms with E-state index in [1.165, 1.54) is 11.1 Å². The molecule has 0 aromatic carbocycles. The summed E-state index contributed by atoms with van der Waals surface area (Å²) in [5.74, 6) is 0. The Balaban J connectivity index is 2.38. The Kier molecular flexibility index (Phi) is 2.71. The second kappa shape index (κ2) is 3.19. The Morgan fingerprint density at radius 2 is 2.10 bits per heavy atom. The Bertz CT molecular complexity index is 153. The van der Waals surface area contributed by atoms with Crippen molar-refractivity contribution in [1.29, 1.82) is 0 Å². The van der Waals surface area contributed by atoms with Gasteiger partial charge in [-0.15, -0.1) is 0 Å². The zero-order valence-corrected chi connectivity index (χ0v) is 8.42. The number of rotatable bonds is 1. The molecule has 1 heterocycles. The van der Waals surface area contributed by atoms with Crippen LogP contribution in [-0.4, -0.2) is 27.3 Å². The minimum Gasteiger partial charge on any atom is -0.369 e. The highest BCUT2D eigenvalue weighted by atomic mass is 127. The zero-order chi connectivity index (χ0) is 7.72. The molecule has 0 bridgehead atoms. The quantitative estimate of drug-likeness (QED) is 0.330. The van der Waals surface area contributed by atoms with Crippen molar-refractivity contribution >= 4 is 22.6 Å². The molecule has 1 N–H and O–H groups in total. The normalized spacial score (nSPS) is 22.2. The molecule has 1 unspecified atom stereocenters. The highest BCUT2D eigenvalue weighted by molar-refractivity contribution is 14.1. The molecule has 0 spiro atoms. The van der Waals surface area contributed by atoms with E-state index in [2.05, 4.69) is 13.8 Å². The molecule has 1 saturated heterocycles. The van der Waals surface area contributed by atoms with Crippen LogP contribution in [0.25, 0.3) is 0 Å². The number of likely N-dealkylation sites (tertiary alicyclic amines) is 1. The van der Waals surface area contributed by atoms with Crippen LogP contribution in [0.15, 0.2) is 11.1 Å². The molecule has 58 valence electrons. The van der Waals surface area contributed by atoms with Crippen molar-refractivity contribution in [3.05, 3.63) is 11.1 Å². The van der Waals surface area contributed by atoms with Crippen LogP contribution < -0.4 is 0 Å². The summed E-state index contributed by atoms with van der Waals surface area (Å²) >= 11 is 2.01. The summed E-state index contributed by atoms with van der Waals surface area (Å²) in [6.07, 6.45) is 0. The molecule has 0 aromatic heterocycles. The zero-order valence-electron chi connectivity index (χ0n) is 6.26. The molecule has 0 radical (unpaired) electrons. The van der Waals surface area contributed by atoms with E-state index in [1.54, 1.807) is 0 Å². The Morgan fingerprint density at radius 3 is 2.40 bits per heavy atom. The fourth-order valence-electron chi connectivity index (χ4n) is 0.911. The molecule has 1 aliphatic rings. The van der Waals surface area contributed by atoms with Crippen LogP contribution in [0.2, 0.25) is 0 Å². The van der Waals surface area contributed by atoms with Gasteiger partial charge in [-0.3, -0.25) is 4.90 Å². The van der Waals surface area contributed by atoms with Gasteiger partial charge < -0.3 is 5.11 Å². The SMILES string of the molecule is CC(C)=C1CN(C(O)I)C1. The number of hydrogen-bond donors (Lipinski definition) is 1. The molecule has 0 aliphatic carbocycles. The van der Waals surface area contributed by atoms with Gasteiger partial charge in [0.15, 0.2) is 4.23 Å². The van der Waals surface area contributed by atoms with Gasteiger partial charge in [-0.25, -0.2) is 0 Å². The molecule has 0 aromatic rings. The van der Waals surface area contributed by atoms with Crippen LogP contribution in [0, 0.1) is 0 Å². The van der Waals surface area contributed by atoms with Gasteiger partial charge in [0.1, 0.15) is 0 Å². The van der Waals surface area contributed by atoms with Gasteiger partial charge in [0.05, 0.1) is 0 Å². The summed E-state index contributed by atoms with van der Waals surface area (Å²) in [7, 11) is 0. The second-order valence-corrected chi connectivity index (χ2v) is 3.93. The lowest BCUT2D eigenvalue weighted by atomic mass is 10.0. The molecule has 0 amide bonds. The van der Waals surface area contributed by atoms with Gasteiger partial charge >= 0.3 is 0 Å². The maximum atomic E-state index is 9.06. The van der Waals surface area contributed by atoms with Crippen LogP contribution >= 0.6 is 22.6 Å². The van der Waals surface area contributed by atoms with Crippen LogP contribution in [0.1, 0.15) is 13.8 Å². The molecular weight excluding hydrogens is 241 g/mol. The highest BCUT2D eigenvalue weighted by Gasteiger charge is 2.24. The van der Waals surface area contributed by atoms with Crippen LogP contribution in [-0.2, 0) is 0 Å². The van der Waals surface area contributed by atoms with Gasteiger partial charge in [0, 0.05) is 13.1 Å². The smallest absolute Gasteiger partial charge is 0.160 e. The van der Waals surface area contributed by atoms with Crippen molar-refractivity contribution in [3.63, 3.8) is 0 Å². The van der Waals surface area contributed by atoms with E-state index < -0.39 is 0 Å². The number of aliphatic hydroxyl groups excluding tert-OH is 1. The van der Waals surface area contributed by atoms with Crippen molar-refractivity contribution in [2.75, 3.05) is 13.1 Å². The third-order valence-corrected chi connectivity index (χ3v) is 2.58. The van der Waals surface area contributed by atoms with E-state index in [9.17, 15) is 0 Å². The van der Waals surface area contributed by atoms with E-state index in [0.29, 0.717) is 0 Å². The predicted molar refractivity (Wildman–Crippen MR) is 50.0 cm³/mol. The number of alkyl halides is 1. The second-order valence-electron chi connectivity index (χ2n) is 2.82. The average molecular weight is 253 g/mol. The summed E-state index contributed by atoms with van der Waals surface area (Å²) in [6.45, 7) is 6.14. The minimum absolute atomic E-state index is 0.305. The maximum Gasteiger partial charge on any atom is 0.160 e. The molecule has 2 nitrogen and oxygen atoms in total. The van der Waals surface area contributed by atoms with E-state index in [4.69, 9.17) is 5.11 Å². The van der Waals surface area contributed by atoms with E-state index in [-0.39, 0.29) is 4.23 Å². The minimum atomic E-state index is -0.305. The Labute approximate surface area is 75.0 Å². The fourth-order valence-corrected chi connectivity index (χ4v) is 1.30. The van der Waals surface area contributed by atoms with Crippen molar-refractivity contribution < 1.29 is 5.11 Å². The third-order valence-electron chi connectivity index (χ3n) is 1.80. The lowest BCUT2D eigenvalue weighted by molar-refractivity contribution is 0.0739. The number of hydrogen-bond acceptors (Lipinski definition) is 2.